The molecule has 1 aliphatic heterocycles. The first-order valence-electron chi connectivity index (χ1n) is 8.84. The van der Waals surface area contributed by atoms with Gasteiger partial charge in [-0.25, -0.2) is 14.5 Å². The number of fused-ring (bicyclic) bond motifs is 1. The molecule has 0 N–H and O–H groups in total. The first kappa shape index (κ1) is 16.5. The van der Waals surface area contributed by atoms with Crippen LogP contribution in [-0.2, 0) is 0 Å². The maximum absolute atomic E-state index is 13.0. The van der Waals surface area contributed by atoms with E-state index in [9.17, 15) is 4.79 Å². The van der Waals surface area contributed by atoms with Crippen LogP contribution in [0, 0.1) is 0 Å². The van der Waals surface area contributed by atoms with Crippen LogP contribution in [0.25, 0.3) is 5.65 Å². The summed E-state index contributed by atoms with van der Waals surface area (Å²) in [7, 11) is 3.97. The highest BCUT2D eigenvalue weighted by atomic mass is 16.2. The average Bonchev–Trinajstić information content (AvgIpc) is 3.12. The topological polar surface area (TPSA) is 66.6 Å². The van der Waals surface area contributed by atoms with Crippen LogP contribution < -0.4 is 4.90 Å². The quantitative estimate of drug-likeness (QED) is 0.724. The summed E-state index contributed by atoms with van der Waals surface area (Å²) in [5.74, 6) is 1.27. The summed E-state index contributed by atoms with van der Waals surface area (Å²) in [6.45, 7) is 1.48. The Hall–Kier alpha value is -2.96. The van der Waals surface area contributed by atoms with Gasteiger partial charge < -0.3 is 9.80 Å². The third-order valence-electron chi connectivity index (χ3n) is 4.92. The maximum atomic E-state index is 13.0. The van der Waals surface area contributed by atoms with Crippen LogP contribution in [0.5, 0.6) is 0 Å². The molecule has 0 radical (unpaired) electrons. The summed E-state index contributed by atoms with van der Waals surface area (Å²) in [5, 5.41) is 4.24. The van der Waals surface area contributed by atoms with Crippen LogP contribution in [0.1, 0.15) is 34.7 Å². The standard InChI is InChI=1S/C19H22N6O/c1-23(2)17-11-14(6-8-20-17)15-5-3-9-24(13-15)19(26)16-12-22-25-10-4-7-21-18(16)25/h4,6-8,10-12,15H,3,5,9,13H2,1-2H3/t15-/m1/s1. The molecular formula is C19H22N6O. The summed E-state index contributed by atoms with van der Waals surface area (Å²) in [5.41, 5.74) is 2.41. The highest BCUT2D eigenvalue weighted by molar-refractivity contribution is 5.99. The second kappa shape index (κ2) is 6.74. The molecule has 0 bridgehead atoms. The lowest BCUT2D eigenvalue weighted by Gasteiger charge is -2.33. The van der Waals surface area contributed by atoms with Gasteiger partial charge >= 0.3 is 0 Å². The number of carbonyl (C=O) groups is 1. The van der Waals surface area contributed by atoms with Gasteiger partial charge in [-0.2, -0.15) is 5.10 Å². The van der Waals surface area contributed by atoms with Crippen molar-refractivity contribution in [2.75, 3.05) is 32.1 Å². The van der Waals surface area contributed by atoms with E-state index in [-0.39, 0.29) is 5.91 Å². The molecule has 0 saturated carbocycles. The zero-order valence-electron chi connectivity index (χ0n) is 15.0. The van der Waals surface area contributed by atoms with Gasteiger partial charge in [-0.3, -0.25) is 4.79 Å². The van der Waals surface area contributed by atoms with E-state index >= 15 is 0 Å². The van der Waals surface area contributed by atoms with Crippen molar-refractivity contribution in [1.82, 2.24) is 24.5 Å². The largest absolute Gasteiger partial charge is 0.363 e. The fourth-order valence-electron chi connectivity index (χ4n) is 3.51. The lowest BCUT2D eigenvalue weighted by Crippen LogP contribution is -2.39. The Labute approximate surface area is 152 Å². The molecule has 26 heavy (non-hydrogen) atoms. The van der Waals surface area contributed by atoms with Crippen molar-refractivity contribution in [1.29, 1.82) is 0 Å². The number of rotatable bonds is 3. The Kier molecular flexibility index (Phi) is 4.28. The molecule has 1 atom stereocenters. The van der Waals surface area contributed by atoms with E-state index in [1.165, 1.54) is 5.56 Å². The molecular weight excluding hydrogens is 328 g/mol. The molecule has 7 nitrogen and oxygen atoms in total. The van der Waals surface area contributed by atoms with Gasteiger partial charge in [-0.15, -0.1) is 0 Å². The van der Waals surface area contributed by atoms with Crippen molar-refractivity contribution in [2.24, 2.45) is 0 Å². The Morgan fingerprint density at radius 3 is 3.00 bits per heavy atom. The number of nitrogens with zero attached hydrogens (tertiary/aromatic N) is 6. The number of anilines is 1. The van der Waals surface area contributed by atoms with E-state index in [2.05, 4.69) is 27.2 Å². The van der Waals surface area contributed by atoms with Gasteiger partial charge in [0.1, 0.15) is 11.4 Å². The van der Waals surface area contributed by atoms with Gasteiger partial charge in [0.15, 0.2) is 5.65 Å². The predicted octanol–water partition coefficient (Wildman–Crippen LogP) is 2.21. The SMILES string of the molecule is CN(C)c1cc([C@@H]2CCCN(C(=O)c3cnn4cccnc34)C2)ccn1. The first-order valence-corrected chi connectivity index (χ1v) is 8.84. The number of hydrogen-bond acceptors (Lipinski definition) is 5. The van der Waals surface area contributed by atoms with E-state index in [0.717, 1.165) is 25.2 Å². The smallest absolute Gasteiger partial charge is 0.259 e. The summed E-state index contributed by atoms with van der Waals surface area (Å²) in [6.07, 6.45) is 9.02. The second-order valence-electron chi connectivity index (χ2n) is 6.88. The van der Waals surface area contributed by atoms with Crippen molar-refractivity contribution in [3.63, 3.8) is 0 Å². The number of amides is 1. The third-order valence-corrected chi connectivity index (χ3v) is 4.92. The lowest BCUT2D eigenvalue weighted by molar-refractivity contribution is 0.0709. The molecule has 1 amide bonds. The fraction of sp³-hybridized carbons (Fsp3) is 0.368. The van der Waals surface area contributed by atoms with Gasteiger partial charge in [0, 0.05) is 51.7 Å². The monoisotopic (exact) mass is 350 g/mol. The average molecular weight is 350 g/mol. The van der Waals surface area contributed by atoms with Crippen LogP contribution in [0.15, 0.2) is 43.0 Å². The fourth-order valence-corrected chi connectivity index (χ4v) is 3.51. The minimum absolute atomic E-state index is 0.00490. The van der Waals surface area contributed by atoms with Crippen LogP contribution >= 0.6 is 0 Å². The molecule has 0 unspecified atom stereocenters. The molecule has 4 rings (SSSR count). The first-order chi connectivity index (χ1) is 12.6. The number of carbonyl (C=O) groups excluding carboxylic acids is 1. The molecule has 0 spiro atoms. The minimum Gasteiger partial charge on any atom is -0.363 e. The Morgan fingerprint density at radius 1 is 1.27 bits per heavy atom. The summed E-state index contributed by atoms with van der Waals surface area (Å²) >= 11 is 0. The summed E-state index contributed by atoms with van der Waals surface area (Å²) < 4.78 is 1.64. The highest BCUT2D eigenvalue weighted by Gasteiger charge is 2.27. The van der Waals surface area contributed by atoms with E-state index in [1.54, 1.807) is 29.2 Å². The zero-order chi connectivity index (χ0) is 18.1. The van der Waals surface area contributed by atoms with Crippen molar-refractivity contribution in [2.45, 2.75) is 18.8 Å². The molecule has 1 saturated heterocycles. The van der Waals surface area contributed by atoms with Gasteiger partial charge in [-0.1, -0.05) is 0 Å². The number of hydrogen-bond donors (Lipinski definition) is 0. The van der Waals surface area contributed by atoms with Gasteiger partial charge in [-0.05, 0) is 36.6 Å². The lowest BCUT2D eigenvalue weighted by atomic mass is 9.91. The van der Waals surface area contributed by atoms with Gasteiger partial charge in [0.25, 0.3) is 5.91 Å². The predicted molar refractivity (Wildman–Crippen MR) is 99.4 cm³/mol. The maximum Gasteiger partial charge on any atom is 0.259 e. The zero-order valence-corrected chi connectivity index (χ0v) is 15.0. The summed E-state index contributed by atoms with van der Waals surface area (Å²) in [6, 6.07) is 5.98. The van der Waals surface area contributed by atoms with Crippen molar-refractivity contribution in [3.05, 3.63) is 54.1 Å². The molecule has 1 fully saturated rings. The van der Waals surface area contributed by atoms with E-state index in [0.29, 0.717) is 23.7 Å². The second-order valence-corrected chi connectivity index (χ2v) is 6.88. The minimum atomic E-state index is 0.00490. The third kappa shape index (κ3) is 3.00. The van der Waals surface area contributed by atoms with E-state index in [1.807, 2.05) is 30.1 Å². The molecule has 4 heterocycles. The van der Waals surface area contributed by atoms with Crippen LogP contribution in [0.2, 0.25) is 0 Å². The van der Waals surface area contributed by atoms with Gasteiger partial charge in [0.2, 0.25) is 0 Å². The van der Waals surface area contributed by atoms with Crippen molar-refractivity contribution >= 4 is 17.4 Å². The Bertz CT molecular complexity index is 934. The number of aromatic nitrogens is 4. The van der Waals surface area contributed by atoms with E-state index in [4.69, 9.17) is 0 Å². The van der Waals surface area contributed by atoms with Crippen LogP contribution in [0.4, 0.5) is 5.82 Å². The molecule has 7 heteroatoms. The highest BCUT2D eigenvalue weighted by Crippen LogP contribution is 2.29. The normalized spacial score (nSPS) is 17.5. The number of pyridine rings is 1. The Morgan fingerprint density at radius 2 is 2.15 bits per heavy atom. The van der Waals surface area contributed by atoms with Gasteiger partial charge in [0.05, 0.1) is 6.20 Å². The van der Waals surface area contributed by atoms with Crippen molar-refractivity contribution in [3.8, 4) is 0 Å². The molecule has 3 aromatic rings. The van der Waals surface area contributed by atoms with E-state index < -0.39 is 0 Å². The number of likely N-dealkylation sites (tertiary alicyclic amines) is 1. The molecule has 0 aromatic carbocycles. The molecule has 3 aromatic heterocycles. The van der Waals surface area contributed by atoms with Crippen LogP contribution in [-0.4, -0.2) is 57.6 Å². The molecule has 134 valence electrons. The summed E-state index contributed by atoms with van der Waals surface area (Å²) in [4.78, 5) is 25.7. The van der Waals surface area contributed by atoms with Crippen molar-refractivity contribution < 1.29 is 4.79 Å². The van der Waals surface area contributed by atoms with Crippen LogP contribution in [0.3, 0.4) is 0 Å². The molecule has 1 aliphatic rings. The number of piperidine rings is 1. The Balaban J connectivity index is 1.57. The molecule has 0 aliphatic carbocycles.